The van der Waals surface area contributed by atoms with Gasteiger partial charge in [0.05, 0.1) is 0 Å². The van der Waals surface area contributed by atoms with Crippen LogP contribution in [0.5, 0.6) is 0 Å². The summed E-state index contributed by atoms with van der Waals surface area (Å²) in [5.74, 6) is 1.07. The molecule has 2 rings (SSSR count). The molecule has 20 heavy (non-hydrogen) atoms. The van der Waals surface area contributed by atoms with Crippen LogP contribution in [0.25, 0.3) is 0 Å². The molecule has 3 nitrogen and oxygen atoms in total. The minimum atomic E-state index is -0.0240. The van der Waals surface area contributed by atoms with E-state index in [0.717, 1.165) is 38.8 Å². The van der Waals surface area contributed by atoms with Gasteiger partial charge in [-0.2, -0.15) is 0 Å². The Balaban J connectivity index is 0.00000200. The van der Waals surface area contributed by atoms with Crippen molar-refractivity contribution in [3.63, 3.8) is 0 Å². The molecule has 4 heteroatoms. The third-order valence-corrected chi connectivity index (χ3v) is 4.93. The van der Waals surface area contributed by atoms with Crippen molar-refractivity contribution < 1.29 is 4.79 Å². The first-order valence-electron chi connectivity index (χ1n) is 8.04. The van der Waals surface area contributed by atoms with Gasteiger partial charge in [0.15, 0.2) is 0 Å². The number of hydrogen-bond donors (Lipinski definition) is 1. The normalized spacial score (nSPS) is 25.6. The zero-order valence-electron chi connectivity index (χ0n) is 13.3. The first-order chi connectivity index (χ1) is 9.07. The number of rotatable bonds is 4. The third kappa shape index (κ3) is 3.88. The molecule has 0 aromatic rings. The predicted molar refractivity (Wildman–Crippen MR) is 86.3 cm³/mol. The molecule has 1 N–H and O–H groups in total. The van der Waals surface area contributed by atoms with Crippen LogP contribution in [0.3, 0.4) is 0 Å². The molecule has 1 unspecified atom stereocenters. The summed E-state index contributed by atoms with van der Waals surface area (Å²) in [5, 5.41) is 3.34. The summed E-state index contributed by atoms with van der Waals surface area (Å²) in [7, 11) is 2.01. The van der Waals surface area contributed by atoms with Crippen LogP contribution in [0, 0.1) is 11.3 Å². The van der Waals surface area contributed by atoms with E-state index < -0.39 is 0 Å². The topological polar surface area (TPSA) is 32.3 Å². The molecule has 1 aliphatic carbocycles. The number of carbonyl (C=O) groups is 1. The Kier molecular flexibility index (Phi) is 6.80. The van der Waals surface area contributed by atoms with E-state index >= 15 is 0 Å². The van der Waals surface area contributed by atoms with E-state index in [1.807, 2.05) is 7.05 Å². The van der Waals surface area contributed by atoms with Crippen LogP contribution in [0.15, 0.2) is 0 Å². The number of amides is 1. The second-order valence-corrected chi connectivity index (χ2v) is 6.96. The summed E-state index contributed by atoms with van der Waals surface area (Å²) >= 11 is 0. The highest BCUT2D eigenvalue weighted by Crippen LogP contribution is 2.45. The smallest absolute Gasteiger partial charge is 0.228 e. The SMILES string of the molecule is CNC1CCCN(C(=O)C2(CC(C)C)CCCC2)C1.Cl. The van der Waals surface area contributed by atoms with Crippen molar-refractivity contribution >= 4 is 18.3 Å². The lowest BCUT2D eigenvalue weighted by molar-refractivity contribution is -0.144. The lowest BCUT2D eigenvalue weighted by Gasteiger charge is -2.39. The van der Waals surface area contributed by atoms with E-state index in [2.05, 4.69) is 24.1 Å². The zero-order valence-corrected chi connectivity index (χ0v) is 14.1. The van der Waals surface area contributed by atoms with Gasteiger partial charge in [-0.05, 0) is 45.1 Å². The maximum absolute atomic E-state index is 13.0. The maximum Gasteiger partial charge on any atom is 0.228 e. The van der Waals surface area contributed by atoms with Crippen LogP contribution in [-0.4, -0.2) is 37.0 Å². The molecule has 1 atom stereocenters. The summed E-state index contributed by atoms with van der Waals surface area (Å²) < 4.78 is 0. The number of likely N-dealkylation sites (tertiary alicyclic amines) is 1. The molecule has 0 aromatic heterocycles. The van der Waals surface area contributed by atoms with Crippen LogP contribution in [0.1, 0.15) is 58.8 Å². The number of likely N-dealkylation sites (N-methyl/N-ethyl adjacent to an activating group) is 1. The average molecular weight is 303 g/mol. The minimum Gasteiger partial charge on any atom is -0.341 e. The molecule has 1 saturated carbocycles. The zero-order chi connectivity index (χ0) is 13.9. The van der Waals surface area contributed by atoms with Crippen LogP contribution in [0.4, 0.5) is 0 Å². The maximum atomic E-state index is 13.0. The fourth-order valence-electron chi connectivity index (χ4n) is 4.07. The summed E-state index contributed by atoms with van der Waals surface area (Å²) in [6.45, 7) is 6.38. The van der Waals surface area contributed by atoms with Crippen LogP contribution >= 0.6 is 12.4 Å². The van der Waals surface area contributed by atoms with E-state index in [1.165, 1.54) is 19.3 Å². The number of halogens is 1. The molecule has 0 spiro atoms. The van der Waals surface area contributed by atoms with E-state index in [4.69, 9.17) is 0 Å². The highest BCUT2D eigenvalue weighted by Gasteiger charge is 2.44. The molecule has 2 fully saturated rings. The van der Waals surface area contributed by atoms with Crippen molar-refractivity contribution in [2.45, 2.75) is 64.8 Å². The van der Waals surface area contributed by atoms with Gasteiger partial charge in [0.1, 0.15) is 0 Å². The summed E-state index contributed by atoms with van der Waals surface area (Å²) in [5.41, 5.74) is -0.0240. The van der Waals surface area contributed by atoms with Crippen molar-refractivity contribution in [2.24, 2.45) is 11.3 Å². The Bertz CT molecular complexity index is 314. The Labute approximate surface area is 130 Å². The lowest BCUT2D eigenvalue weighted by Crippen LogP contribution is -2.51. The first kappa shape index (κ1) is 17.8. The molecule has 1 aliphatic heterocycles. The minimum absolute atomic E-state index is 0. The van der Waals surface area contributed by atoms with Gasteiger partial charge in [0, 0.05) is 24.5 Å². The third-order valence-electron chi connectivity index (χ3n) is 4.93. The van der Waals surface area contributed by atoms with Gasteiger partial charge in [0.2, 0.25) is 5.91 Å². The van der Waals surface area contributed by atoms with E-state index in [0.29, 0.717) is 17.9 Å². The molecular formula is C16H31ClN2O. The molecule has 0 aromatic carbocycles. The molecule has 1 amide bonds. The Morgan fingerprint density at radius 3 is 2.50 bits per heavy atom. The van der Waals surface area contributed by atoms with Crippen molar-refractivity contribution in [1.29, 1.82) is 0 Å². The Morgan fingerprint density at radius 1 is 1.30 bits per heavy atom. The number of carbonyl (C=O) groups excluding carboxylic acids is 1. The van der Waals surface area contributed by atoms with Crippen molar-refractivity contribution in [3.8, 4) is 0 Å². The number of nitrogens with one attached hydrogen (secondary N) is 1. The largest absolute Gasteiger partial charge is 0.341 e. The van der Waals surface area contributed by atoms with Gasteiger partial charge in [-0.15, -0.1) is 12.4 Å². The van der Waals surface area contributed by atoms with E-state index in [1.54, 1.807) is 0 Å². The number of hydrogen-bond acceptors (Lipinski definition) is 2. The van der Waals surface area contributed by atoms with Gasteiger partial charge >= 0.3 is 0 Å². The van der Waals surface area contributed by atoms with Crippen molar-refractivity contribution in [2.75, 3.05) is 20.1 Å². The molecule has 1 heterocycles. The first-order valence-corrected chi connectivity index (χ1v) is 8.04. The molecule has 2 aliphatic rings. The van der Waals surface area contributed by atoms with E-state index in [9.17, 15) is 4.79 Å². The highest BCUT2D eigenvalue weighted by molar-refractivity contribution is 5.85. The summed E-state index contributed by atoms with van der Waals surface area (Å²) in [6.07, 6.45) is 8.14. The molecule has 0 radical (unpaired) electrons. The van der Waals surface area contributed by atoms with Crippen LogP contribution < -0.4 is 5.32 Å². The van der Waals surface area contributed by atoms with Crippen LogP contribution in [-0.2, 0) is 4.79 Å². The Hall–Kier alpha value is -0.280. The van der Waals surface area contributed by atoms with Gasteiger partial charge in [0.25, 0.3) is 0 Å². The second kappa shape index (κ2) is 7.65. The van der Waals surface area contributed by atoms with Gasteiger partial charge in [-0.25, -0.2) is 0 Å². The van der Waals surface area contributed by atoms with Crippen molar-refractivity contribution in [3.05, 3.63) is 0 Å². The standard InChI is InChI=1S/C16H30N2O.ClH/c1-13(2)11-16(8-4-5-9-16)15(19)18-10-6-7-14(12-18)17-3;/h13-14,17H,4-12H2,1-3H3;1H. The summed E-state index contributed by atoms with van der Waals surface area (Å²) in [4.78, 5) is 15.2. The van der Waals surface area contributed by atoms with Crippen LogP contribution in [0.2, 0.25) is 0 Å². The number of nitrogens with zero attached hydrogens (tertiary/aromatic N) is 1. The number of piperidine rings is 1. The molecular weight excluding hydrogens is 272 g/mol. The van der Waals surface area contributed by atoms with Gasteiger partial charge in [-0.1, -0.05) is 26.7 Å². The second-order valence-electron chi connectivity index (χ2n) is 6.96. The monoisotopic (exact) mass is 302 g/mol. The molecule has 118 valence electrons. The van der Waals surface area contributed by atoms with Gasteiger partial charge < -0.3 is 10.2 Å². The fourth-order valence-corrected chi connectivity index (χ4v) is 4.07. The quantitative estimate of drug-likeness (QED) is 0.865. The molecule has 1 saturated heterocycles. The average Bonchev–Trinajstić information content (AvgIpc) is 2.86. The lowest BCUT2D eigenvalue weighted by atomic mass is 9.77. The molecule has 0 bridgehead atoms. The fraction of sp³-hybridized carbons (Fsp3) is 0.938. The van der Waals surface area contributed by atoms with E-state index in [-0.39, 0.29) is 17.8 Å². The van der Waals surface area contributed by atoms with Crippen molar-refractivity contribution in [1.82, 2.24) is 10.2 Å². The Morgan fingerprint density at radius 2 is 1.95 bits per heavy atom. The summed E-state index contributed by atoms with van der Waals surface area (Å²) in [6, 6.07) is 0.496. The van der Waals surface area contributed by atoms with Gasteiger partial charge in [-0.3, -0.25) is 4.79 Å². The highest BCUT2D eigenvalue weighted by atomic mass is 35.5. The predicted octanol–water partition coefficient (Wildman–Crippen LogP) is 3.23.